The van der Waals surface area contributed by atoms with Crippen LogP contribution in [-0.2, 0) is 11.3 Å². The van der Waals surface area contributed by atoms with Gasteiger partial charge in [0, 0.05) is 7.05 Å². The molecule has 1 heterocycles. The Morgan fingerprint density at radius 2 is 2.38 bits per heavy atom. The van der Waals surface area contributed by atoms with Gasteiger partial charge in [0.1, 0.15) is 12.9 Å². The third-order valence-corrected chi connectivity index (χ3v) is 1.31. The Morgan fingerprint density at radius 3 is 2.85 bits per heavy atom. The summed E-state index contributed by atoms with van der Waals surface area (Å²) in [6, 6.07) is 0. The lowest BCUT2D eigenvalue weighted by atomic mass is 10.6. The molecular weight excluding hydrogens is 176 g/mol. The fourth-order valence-electron chi connectivity index (χ4n) is 0.695. The molecule has 0 saturated carbocycles. The molecule has 7 heteroatoms. The fourth-order valence-corrected chi connectivity index (χ4v) is 0.695. The zero-order chi connectivity index (χ0) is 9.84. The zero-order valence-corrected chi connectivity index (χ0v) is 6.89. The Balaban J connectivity index is 2.69. The van der Waals surface area contributed by atoms with Gasteiger partial charge in [-0.15, -0.1) is 5.10 Å². The lowest BCUT2D eigenvalue weighted by molar-refractivity contribution is -0.121. The van der Waals surface area contributed by atoms with Gasteiger partial charge in [0.2, 0.25) is 5.91 Å². The van der Waals surface area contributed by atoms with Crippen molar-refractivity contribution in [3.05, 3.63) is 12.2 Å². The first-order valence-corrected chi connectivity index (χ1v) is 3.47. The number of aromatic nitrogens is 3. The number of hydrogen-bond acceptors (Lipinski definition) is 4. The van der Waals surface area contributed by atoms with Crippen molar-refractivity contribution in [3.63, 3.8) is 0 Å². The Morgan fingerprint density at radius 1 is 1.69 bits per heavy atom. The molecule has 2 N–H and O–H groups in total. The Labute approximate surface area is 73.4 Å². The Bertz CT molecular complexity index is 332. The van der Waals surface area contributed by atoms with E-state index >= 15 is 0 Å². The van der Waals surface area contributed by atoms with Crippen molar-refractivity contribution in [1.82, 2.24) is 20.1 Å². The summed E-state index contributed by atoms with van der Waals surface area (Å²) < 4.78 is 1.16. The summed E-state index contributed by atoms with van der Waals surface area (Å²) in [5, 5.41) is 14.4. The van der Waals surface area contributed by atoms with Gasteiger partial charge in [-0.1, -0.05) is 0 Å². The summed E-state index contributed by atoms with van der Waals surface area (Å²) in [5.41, 5.74) is 0. The van der Waals surface area contributed by atoms with E-state index in [1.54, 1.807) is 0 Å². The van der Waals surface area contributed by atoms with Crippen LogP contribution < -0.4 is 5.32 Å². The molecular formula is C6H8N4O3. The highest BCUT2D eigenvalue weighted by Crippen LogP contribution is 1.89. The number of carbonyl (C=O) groups is 2. The third-order valence-electron chi connectivity index (χ3n) is 1.31. The van der Waals surface area contributed by atoms with E-state index in [-0.39, 0.29) is 18.3 Å². The monoisotopic (exact) mass is 184 g/mol. The normalized spacial score (nSPS) is 9.62. The Hall–Kier alpha value is -1.92. The molecule has 0 bridgehead atoms. The van der Waals surface area contributed by atoms with E-state index in [9.17, 15) is 9.59 Å². The first-order valence-electron chi connectivity index (χ1n) is 3.47. The molecule has 0 aromatic carbocycles. The number of carbonyl (C=O) groups excluding carboxylic acids is 1. The molecule has 0 aliphatic rings. The molecule has 1 aromatic rings. The summed E-state index contributed by atoms with van der Waals surface area (Å²) in [4.78, 5) is 24.6. The van der Waals surface area contributed by atoms with E-state index in [0.717, 1.165) is 4.68 Å². The maximum Gasteiger partial charge on any atom is 0.375 e. The molecule has 0 radical (unpaired) electrons. The van der Waals surface area contributed by atoms with Crippen LogP contribution >= 0.6 is 0 Å². The topological polar surface area (TPSA) is 97.1 Å². The van der Waals surface area contributed by atoms with Gasteiger partial charge in [-0.25, -0.2) is 14.5 Å². The Kier molecular flexibility index (Phi) is 2.58. The highest BCUT2D eigenvalue weighted by atomic mass is 16.4. The minimum absolute atomic E-state index is 0.0310. The molecule has 13 heavy (non-hydrogen) atoms. The number of carboxylic acids is 1. The lowest BCUT2D eigenvalue weighted by Gasteiger charge is -1.97. The number of carboxylic acid groups (broad SMARTS) is 1. The minimum Gasteiger partial charge on any atom is -0.475 e. The minimum atomic E-state index is -1.21. The van der Waals surface area contributed by atoms with Gasteiger partial charge in [0.15, 0.2) is 0 Å². The van der Waals surface area contributed by atoms with Gasteiger partial charge in [0.25, 0.3) is 5.82 Å². The SMILES string of the molecule is CNC(=O)Cn1cnc(C(=O)O)n1. The van der Waals surface area contributed by atoms with Gasteiger partial charge >= 0.3 is 5.97 Å². The average Bonchev–Trinajstić information content (AvgIpc) is 2.52. The maximum atomic E-state index is 10.8. The van der Waals surface area contributed by atoms with Crippen LogP contribution in [0, 0.1) is 0 Å². The molecule has 1 amide bonds. The van der Waals surface area contributed by atoms with Crippen LogP contribution in [-0.4, -0.2) is 38.8 Å². The van der Waals surface area contributed by atoms with E-state index < -0.39 is 5.97 Å². The van der Waals surface area contributed by atoms with Crippen molar-refractivity contribution < 1.29 is 14.7 Å². The zero-order valence-electron chi connectivity index (χ0n) is 6.89. The quantitative estimate of drug-likeness (QED) is 0.610. The van der Waals surface area contributed by atoms with Crippen molar-refractivity contribution in [3.8, 4) is 0 Å². The van der Waals surface area contributed by atoms with Crippen molar-refractivity contribution in [2.45, 2.75) is 6.54 Å². The van der Waals surface area contributed by atoms with E-state index in [0.29, 0.717) is 0 Å². The molecule has 0 aliphatic heterocycles. The summed E-state index contributed by atoms with van der Waals surface area (Å²) in [5.74, 6) is -1.79. The molecule has 0 fully saturated rings. The van der Waals surface area contributed by atoms with Gasteiger partial charge in [-0.3, -0.25) is 4.79 Å². The highest BCUT2D eigenvalue weighted by molar-refractivity contribution is 5.82. The number of nitrogens with one attached hydrogen (secondary N) is 1. The maximum absolute atomic E-state index is 10.8. The predicted octanol–water partition coefficient (Wildman–Crippen LogP) is -1.28. The van der Waals surface area contributed by atoms with Crippen molar-refractivity contribution in [2.75, 3.05) is 7.05 Å². The largest absolute Gasteiger partial charge is 0.475 e. The van der Waals surface area contributed by atoms with Crippen LogP contribution in [0.4, 0.5) is 0 Å². The van der Waals surface area contributed by atoms with Crippen molar-refractivity contribution in [2.24, 2.45) is 0 Å². The summed E-state index contributed by atoms with van der Waals surface area (Å²) in [6.07, 6.45) is 1.19. The van der Waals surface area contributed by atoms with Crippen LogP contribution in [0.5, 0.6) is 0 Å². The van der Waals surface area contributed by atoms with Crippen LogP contribution in [0.25, 0.3) is 0 Å². The van der Waals surface area contributed by atoms with Crippen LogP contribution in [0.2, 0.25) is 0 Å². The first kappa shape index (κ1) is 9.17. The molecule has 0 aliphatic carbocycles. The number of likely N-dealkylation sites (N-methyl/N-ethyl adjacent to an activating group) is 1. The summed E-state index contributed by atoms with van der Waals surface area (Å²) >= 11 is 0. The molecule has 0 saturated heterocycles. The second-order valence-electron chi connectivity index (χ2n) is 2.24. The molecule has 0 atom stereocenters. The number of nitrogens with zero attached hydrogens (tertiary/aromatic N) is 3. The second-order valence-corrected chi connectivity index (χ2v) is 2.24. The number of aromatic carboxylic acids is 1. The third kappa shape index (κ3) is 2.26. The van der Waals surface area contributed by atoms with Crippen molar-refractivity contribution >= 4 is 11.9 Å². The molecule has 0 unspecified atom stereocenters. The summed E-state index contributed by atoms with van der Waals surface area (Å²) in [6.45, 7) is -0.0310. The average molecular weight is 184 g/mol. The summed E-state index contributed by atoms with van der Waals surface area (Å²) in [7, 11) is 1.48. The molecule has 0 spiro atoms. The van der Waals surface area contributed by atoms with Gasteiger partial charge < -0.3 is 10.4 Å². The van der Waals surface area contributed by atoms with Crippen LogP contribution in [0.1, 0.15) is 10.6 Å². The number of rotatable bonds is 3. The molecule has 1 aromatic heterocycles. The molecule has 1 rings (SSSR count). The fraction of sp³-hybridized carbons (Fsp3) is 0.333. The molecule has 7 nitrogen and oxygen atoms in total. The van der Waals surface area contributed by atoms with E-state index in [1.807, 2.05) is 0 Å². The predicted molar refractivity (Wildman–Crippen MR) is 41.0 cm³/mol. The van der Waals surface area contributed by atoms with E-state index in [1.165, 1.54) is 13.4 Å². The van der Waals surface area contributed by atoms with Crippen LogP contribution in [0.3, 0.4) is 0 Å². The lowest BCUT2D eigenvalue weighted by Crippen LogP contribution is -2.23. The second kappa shape index (κ2) is 3.65. The van der Waals surface area contributed by atoms with Crippen LogP contribution in [0.15, 0.2) is 6.33 Å². The van der Waals surface area contributed by atoms with Gasteiger partial charge in [-0.2, -0.15) is 0 Å². The van der Waals surface area contributed by atoms with E-state index in [2.05, 4.69) is 15.4 Å². The smallest absolute Gasteiger partial charge is 0.375 e. The highest BCUT2D eigenvalue weighted by Gasteiger charge is 2.09. The first-order chi connectivity index (χ1) is 6.13. The molecule has 70 valence electrons. The van der Waals surface area contributed by atoms with Gasteiger partial charge in [-0.05, 0) is 0 Å². The standard InChI is InChI=1S/C6H8N4O3/c1-7-4(11)2-10-3-8-5(9-10)6(12)13/h3H,2H2,1H3,(H,7,11)(H,12,13). The van der Waals surface area contributed by atoms with E-state index in [4.69, 9.17) is 5.11 Å². The van der Waals surface area contributed by atoms with Gasteiger partial charge in [0.05, 0.1) is 0 Å². The number of amides is 1. The number of hydrogen-bond donors (Lipinski definition) is 2. The van der Waals surface area contributed by atoms with Crippen molar-refractivity contribution in [1.29, 1.82) is 0 Å².